The van der Waals surface area contributed by atoms with Crippen molar-refractivity contribution in [1.29, 1.82) is 0 Å². The largest absolute Gasteiger partial charge is 0.481 e. The number of aromatic nitrogens is 1. The maximum Gasteiger partial charge on any atom is 0.212 e. The Balaban J connectivity index is 2.11. The highest BCUT2D eigenvalue weighted by Gasteiger charge is 2.10. The SMILES string of the molecule is COc1ccc(CC(N)c2ccccc2Cl)cn1. The lowest BCUT2D eigenvalue weighted by Gasteiger charge is -2.13. The Morgan fingerprint density at radius 1 is 1.28 bits per heavy atom. The predicted octanol–water partition coefficient (Wildman–Crippen LogP) is 2.99. The molecule has 0 fully saturated rings. The van der Waals surface area contributed by atoms with Gasteiger partial charge in [-0.15, -0.1) is 0 Å². The van der Waals surface area contributed by atoms with Gasteiger partial charge in [-0.2, -0.15) is 0 Å². The first kappa shape index (κ1) is 12.9. The summed E-state index contributed by atoms with van der Waals surface area (Å²) in [5.41, 5.74) is 8.17. The summed E-state index contributed by atoms with van der Waals surface area (Å²) in [6.07, 6.45) is 2.47. The molecule has 2 N–H and O–H groups in total. The molecule has 4 heteroatoms. The van der Waals surface area contributed by atoms with Crippen molar-refractivity contribution in [3.05, 3.63) is 58.7 Å². The van der Waals surface area contributed by atoms with E-state index in [-0.39, 0.29) is 6.04 Å². The van der Waals surface area contributed by atoms with Crippen LogP contribution >= 0.6 is 11.6 Å². The van der Waals surface area contributed by atoms with E-state index < -0.39 is 0 Å². The average molecular weight is 263 g/mol. The summed E-state index contributed by atoms with van der Waals surface area (Å²) in [7, 11) is 1.59. The van der Waals surface area contributed by atoms with Crippen molar-refractivity contribution >= 4 is 11.6 Å². The molecule has 94 valence electrons. The fourth-order valence-electron chi connectivity index (χ4n) is 1.79. The number of benzene rings is 1. The third-order valence-corrected chi connectivity index (χ3v) is 3.11. The summed E-state index contributed by atoms with van der Waals surface area (Å²) < 4.78 is 5.01. The standard InChI is InChI=1S/C14H15ClN2O/c1-18-14-7-6-10(9-17-14)8-13(16)11-4-2-3-5-12(11)15/h2-7,9,13H,8,16H2,1H3. The van der Waals surface area contributed by atoms with Gasteiger partial charge in [-0.25, -0.2) is 4.98 Å². The van der Waals surface area contributed by atoms with Crippen LogP contribution in [-0.4, -0.2) is 12.1 Å². The predicted molar refractivity (Wildman–Crippen MR) is 72.9 cm³/mol. The lowest BCUT2D eigenvalue weighted by Crippen LogP contribution is -2.13. The van der Waals surface area contributed by atoms with Crippen LogP contribution in [0.25, 0.3) is 0 Å². The van der Waals surface area contributed by atoms with Gasteiger partial charge in [0.05, 0.1) is 7.11 Å². The zero-order valence-electron chi connectivity index (χ0n) is 10.1. The van der Waals surface area contributed by atoms with Gasteiger partial charge >= 0.3 is 0 Å². The minimum absolute atomic E-state index is 0.131. The molecule has 1 aromatic heterocycles. The Kier molecular flexibility index (Phi) is 4.18. The Hall–Kier alpha value is -1.58. The van der Waals surface area contributed by atoms with Crippen molar-refractivity contribution in [2.24, 2.45) is 5.73 Å². The van der Waals surface area contributed by atoms with E-state index in [1.54, 1.807) is 13.3 Å². The molecule has 0 aliphatic carbocycles. The highest BCUT2D eigenvalue weighted by Crippen LogP contribution is 2.23. The Bertz CT molecular complexity index is 513. The second-order valence-electron chi connectivity index (χ2n) is 4.04. The zero-order chi connectivity index (χ0) is 13.0. The minimum atomic E-state index is -0.131. The first-order valence-corrected chi connectivity index (χ1v) is 6.07. The molecule has 1 atom stereocenters. The number of hydrogen-bond acceptors (Lipinski definition) is 3. The molecule has 1 aromatic carbocycles. The first-order valence-electron chi connectivity index (χ1n) is 5.69. The highest BCUT2D eigenvalue weighted by molar-refractivity contribution is 6.31. The number of nitrogens with two attached hydrogens (primary N) is 1. The number of hydrogen-bond donors (Lipinski definition) is 1. The van der Waals surface area contributed by atoms with Crippen molar-refractivity contribution in [2.75, 3.05) is 7.11 Å². The quantitative estimate of drug-likeness (QED) is 0.922. The van der Waals surface area contributed by atoms with E-state index >= 15 is 0 Å². The number of methoxy groups -OCH3 is 1. The normalized spacial score (nSPS) is 12.2. The molecule has 0 aliphatic rings. The van der Waals surface area contributed by atoms with E-state index in [0.717, 1.165) is 11.1 Å². The smallest absolute Gasteiger partial charge is 0.212 e. The molecule has 0 saturated carbocycles. The molecule has 0 spiro atoms. The molecule has 1 heterocycles. The van der Waals surface area contributed by atoms with Crippen molar-refractivity contribution in [1.82, 2.24) is 4.98 Å². The topological polar surface area (TPSA) is 48.1 Å². The number of ether oxygens (including phenoxy) is 1. The number of halogens is 1. The Labute approximate surface area is 112 Å². The van der Waals surface area contributed by atoms with Crippen LogP contribution in [-0.2, 0) is 6.42 Å². The highest BCUT2D eigenvalue weighted by atomic mass is 35.5. The van der Waals surface area contributed by atoms with Crippen LogP contribution in [0.2, 0.25) is 5.02 Å². The zero-order valence-corrected chi connectivity index (χ0v) is 10.9. The maximum atomic E-state index is 6.15. The summed E-state index contributed by atoms with van der Waals surface area (Å²) in [6.45, 7) is 0. The van der Waals surface area contributed by atoms with Gasteiger partial charge in [-0.3, -0.25) is 0 Å². The van der Waals surface area contributed by atoms with Gasteiger partial charge in [0.1, 0.15) is 0 Å². The molecule has 0 bridgehead atoms. The molecule has 0 radical (unpaired) electrons. The summed E-state index contributed by atoms with van der Waals surface area (Å²) in [6, 6.07) is 11.3. The average Bonchev–Trinajstić information content (AvgIpc) is 2.40. The van der Waals surface area contributed by atoms with Crippen LogP contribution in [0.3, 0.4) is 0 Å². The van der Waals surface area contributed by atoms with Gasteiger partial charge in [-0.05, 0) is 23.6 Å². The minimum Gasteiger partial charge on any atom is -0.481 e. The molecule has 0 amide bonds. The second kappa shape index (κ2) is 5.85. The van der Waals surface area contributed by atoms with E-state index in [1.807, 2.05) is 36.4 Å². The molecule has 0 saturated heterocycles. The number of pyridine rings is 1. The third kappa shape index (κ3) is 3.00. The number of nitrogens with zero attached hydrogens (tertiary/aromatic N) is 1. The molecule has 2 rings (SSSR count). The third-order valence-electron chi connectivity index (χ3n) is 2.77. The van der Waals surface area contributed by atoms with E-state index in [9.17, 15) is 0 Å². The van der Waals surface area contributed by atoms with E-state index in [2.05, 4.69) is 4.98 Å². The number of rotatable bonds is 4. The lowest BCUT2D eigenvalue weighted by molar-refractivity contribution is 0.397. The van der Waals surface area contributed by atoms with Gasteiger partial charge < -0.3 is 10.5 Å². The van der Waals surface area contributed by atoms with Crippen molar-refractivity contribution in [2.45, 2.75) is 12.5 Å². The molecule has 18 heavy (non-hydrogen) atoms. The Morgan fingerprint density at radius 3 is 2.67 bits per heavy atom. The van der Waals surface area contributed by atoms with Crippen molar-refractivity contribution in [3.63, 3.8) is 0 Å². The van der Waals surface area contributed by atoms with E-state index in [1.165, 1.54) is 0 Å². The van der Waals surface area contributed by atoms with Gasteiger partial charge in [0.25, 0.3) is 0 Å². The summed E-state index contributed by atoms with van der Waals surface area (Å²) in [5, 5.41) is 0.700. The van der Waals surface area contributed by atoms with Crippen LogP contribution in [0.5, 0.6) is 5.88 Å². The van der Waals surface area contributed by atoms with Crippen LogP contribution in [0.15, 0.2) is 42.6 Å². The molecule has 3 nitrogen and oxygen atoms in total. The molecular weight excluding hydrogens is 248 g/mol. The summed E-state index contributed by atoms with van der Waals surface area (Å²) >= 11 is 6.12. The van der Waals surface area contributed by atoms with E-state index in [0.29, 0.717) is 17.3 Å². The van der Waals surface area contributed by atoms with Crippen LogP contribution < -0.4 is 10.5 Å². The second-order valence-corrected chi connectivity index (χ2v) is 4.45. The van der Waals surface area contributed by atoms with Crippen LogP contribution in [0, 0.1) is 0 Å². The van der Waals surface area contributed by atoms with Gasteiger partial charge in [0.15, 0.2) is 0 Å². The fraction of sp³-hybridized carbons (Fsp3) is 0.214. The van der Waals surface area contributed by atoms with Crippen molar-refractivity contribution < 1.29 is 4.74 Å². The molecule has 0 aliphatic heterocycles. The van der Waals surface area contributed by atoms with Crippen LogP contribution in [0.4, 0.5) is 0 Å². The first-order chi connectivity index (χ1) is 8.70. The summed E-state index contributed by atoms with van der Waals surface area (Å²) in [5.74, 6) is 0.602. The van der Waals surface area contributed by atoms with Gasteiger partial charge in [0, 0.05) is 23.3 Å². The Morgan fingerprint density at radius 2 is 2.06 bits per heavy atom. The fourth-order valence-corrected chi connectivity index (χ4v) is 2.07. The van der Waals surface area contributed by atoms with E-state index in [4.69, 9.17) is 22.1 Å². The van der Waals surface area contributed by atoms with Crippen LogP contribution in [0.1, 0.15) is 17.2 Å². The van der Waals surface area contributed by atoms with Gasteiger partial charge in [0.2, 0.25) is 5.88 Å². The monoisotopic (exact) mass is 262 g/mol. The summed E-state index contributed by atoms with van der Waals surface area (Å²) in [4.78, 5) is 4.16. The van der Waals surface area contributed by atoms with Crippen molar-refractivity contribution in [3.8, 4) is 5.88 Å². The lowest BCUT2D eigenvalue weighted by atomic mass is 10.0. The molecule has 2 aromatic rings. The maximum absolute atomic E-state index is 6.15. The van der Waals surface area contributed by atoms with Gasteiger partial charge in [-0.1, -0.05) is 35.9 Å². The molecular formula is C14H15ClN2O. The molecule has 1 unspecified atom stereocenters.